The first-order valence-electron chi connectivity index (χ1n) is 31.3. The molecule has 0 aromatic carbocycles. The van der Waals surface area contributed by atoms with Gasteiger partial charge in [-0.05, 0) is 51.4 Å². The van der Waals surface area contributed by atoms with Crippen LogP contribution in [0.15, 0.2) is 24.3 Å². The maximum absolute atomic E-state index is 12.8. The largest absolute Gasteiger partial charge is 0.462 e. The van der Waals surface area contributed by atoms with E-state index in [2.05, 4.69) is 45.1 Å². The van der Waals surface area contributed by atoms with Gasteiger partial charge in [-0.3, -0.25) is 14.4 Å². The molecule has 0 radical (unpaired) electrons. The molecule has 0 aliphatic heterocycles. The minimum Gasteiger partial charge on any atom is -0.462 e. The lowest BCUT2D eigenvalue weighted by molar-refractivity contribution is -0.167. The first kappa shape index (κ1) is 67.9. The quantitative estimate of drug-likeness (QED) is 0.0261. The molecule has 0 spiro atoms. The maximum Gasteiger partial charge on any atom is 0.306 e. The van der Waals surface area contributed by atoms with Crippen LogP contribution >= 0.6 is 0 Å². The highest BCUT2D eigenvalue weighted by Gasteiger charge is 2.19. The first-order valence-corrected chi connectivity index (χ1v) is 31.3. The van der Waals surface area contributed by atoms with E-state index < -0.39 is 6.10 Å². The fourth-order valence-electron chi connectivity index (χ4n) is 9.48. The summed E-state index contributed by atoms with van der Waals surface area (Å²) >= 11 is 0. The molecule has 412 valence electrons. The van der Waals surface area contributed by atoms with Crippen molar-refractivity contribution in [1.29, 1.82) is 0 Å². The monoisotopic (exact) mass is 985 g/mol. The van der Waals surface area contributed by atoms with Crippen molar-refractivity contribution in [2.45, 2.75) is 354 Å². The number of allylic oxidation sites excluding steroid dienone is 4. The molecule has 6 heteroatoms. The Morgan fingerprint density at radius 1 is 0.286 bits per heavy atom. The topological polar surface area (TPSA) is 78.9 Å². The van der Waals surface area contributed by atoms with E-state index in [1.54, 1.807) is 0 Å². The molecule has 0 heterocycles. The van der Waals surface area contributed by atoms with E-state index in [0.717, 1.165) is 70.6 Å². The average Bonchev–Trinajstić information content (AvgIpc) is 3.36. The van der Waals surface area contributed by atoms with Gasteiger partial charge in [-0.2, -0.15) is 0 Å². The fraction of sp³-hybridized carbons (Fsp3) is 0.891. The molecule has 1 unspecified atom stereocenters. The van der Waals surface area contributed by atoms with Crippen LogP contribution in [0.3, 0.4) is 0 Å². The average molecular weight is 986 g/mol. The fourth-order valence-corrected chi connectivity index (χ4v) is 9.48. The predicted octanol–water partition coefficient (Wildman–Crippen LogP) is 21.1. The molecule has 0 saturated carbocycles. The van der Waals surface area contributed by atoms with E-state index >= 15 is 0 Å². The SMILES string of the molecule is CCCCCCC/C=C\C/C=C\CCCCCCCCCCCCCCCCCCCC(=O)OCC(COC(=O)CCCCCCC)OC(=O)CCCCCCCCCCCCCCCCCCCC. The number of esters is 3. The van der Waals surface area contributed by atoms with Crippen molar-refractivity contribution in [2.75, 3.05) is 13.2 Å². The van der Waals surface area contributed by atoms with E-state index in [1.165, 1.54) is 238 Å². The molecule has 0 aliphatic carbocycles. The molecule has 0 aliphatic rings. The van der Waals surface area contributed by atoms with Crippen LogP contribution in [-0.4, -0.2) is 37.2 Å². The molecule has 0 amide bonds. The Hall–Kier alpha value is -2.11. The Morgan fingerprint density at radius 3 is 0.786 bits per heavy atom. The third-order valence-corrected chi connectivity index (χ3v) is 14.2. The lowest BCUT2D eigenvalue weighted by atomic mass is 10.0. The zero-order valence-electron chi connectivity index (χ0n) is 47.3. The molecule has 0 fully saturated rings. The van der Waals surface area contributed by atoms with Crippen molar-refractivity contribution in [2.24, 2.45) is 0 Å². The summed E-state index contributed by atoms with van der Waals surface area (Å²) in [5.41, 5.74) is 0. The van der Waals surface area contributed by atoms with E-state index in [0.29, 0.717) is 19.3 Å². The Balaban J connectivity index is 3.95. The van der Waals surface area contributed by atoms with Gasteiger partial charge in [-0.25, -0.2) is 0 Å². The smallest absolute Gasteiger partial charge is 0.306 e. The predicted molar refractivity (Wildman–Crippen MR) is 303 cm³/mol. The number of carbonyl (C=O) groups excluding carboxylic acids is 3. The molecular formula is C64H120O6. The van der Waals surface area contributed by atoms with Crippen LogP contribution in [0.1, 0.15) is 348 Å². The molecule has 0 bridgehead atoms. The summed E-state index contributed by atoms with van der Waals surface area (Å²) in [4.78, 5) is 37.9. The third kappa shape index (κ3) is 56.8. The summed E-state index contributed by atoms with van der Waals surface area (Å²) in [6.45, 7) is 6.60. The van der Waals surface area contributed by atoms with Gasteiger partial charge in [0.25, 0.3) is 0 Å². The Bertz CT molecular complexity index is 1130. The molecule has 0 N–H and O–H groups in total. The second-order valence-electron chi connectivity index (χ2n) is 21.3. The zero-order valence-corrected chi connectivity index (χ0v) is 47.3. The van der Waals surface area contributed by atoms with Crippen LogP contribution in [0.25, 0.3) is 0 Å². The number of hydrogen-bond acceptors (Lipinski definition) is 6. The summed E-state index contributed by atoms with van der Waals surface area (Å²) in [5, 5.41) is 0. The number of rotatable bonds is 58. The molecule has 6 nitrogen and oxygen atoms in total. The van der Waals surface area contributed by atoms with Crippen molar-refractivity contribution >= 4 is 17.9 Å². The van der Waals surface area contributed by atoms with Gasteiger partial charge >= 0.3 is 17.9 Å². The second kappa shape index (κ2) is 59.5. The van der Waals surface area contributed by atoms with Gasteiger partial charge in [0.2, 0.25) is 0 Å². The standard InChI is InChI=1S/C64H120O6/c1-4-7-10-13-15-17-19-21-23-25-27-28-29-30-31-32-33-34-35-36-37-39-40-42-44-46-48-51-54-57-63(66)69-60-61(59-68-62(65)56-53-50-12-9-6-3)70-64(67)58-55-52-49-47-45-43-41-38-26-24-22-20-18-16-14-11-8-5-2/h19,21,25,27,61H,4-18,20,22-24,26,28-60H2,1-3H3/b21-19-,27-25-. The Labute approximate surface area is 436 Å². The van der Waals surface area contributed by atoms with Gasteiger partial charge < -0.3 is 14.2 Å². The van der Waals surface area contributed by atoms with Gasteiger partial charge in [0.05, 0.1) is 0 Å². The Morgan fingerprint density at radius 2 is 0.514 bits per heavy atom. The lowest BCUT2D eigenvalue weighted by Crippen LogP contribution is -2.30. The molecule has 0 aromatic heterocycles. The summed E-state index contributed by atoms with van der Waals surface area (Å²) in [6.07, 6.45) is 71.0. The summed E-state index contributed by atoms with van der Waals surface area (Å²) in [6, 6.07) is 0. The van der Waals surface area contributed by atoms with Crippen LogP contribution in [-0.2, 0) is 28.6 Å². The van der Waals surface area contributed by atoms with Gasteiger partial charge in [0, 0.05) is 19.3 Å². The summed E-state index contributed by atoms with van der Waals surface area (Å²) in [7, 11) is 0. The lowest BCUT2D eigenvalue weighted by Gasteiger charge is -2.18. The number of ether oxygens (including phenoxy) is 3. The first-order chi connectivity index (χ1) is 34.5. The van der Waals surface area contributed by atoms with E-state index in [9.17, 15) is 14.4 Å². The molecule has 70 heavy (non-hydrogen) atoms. The second-order valence-corrected chi connectivity index (χ2v) is 21.3. The van der Waals surface area contributed by atoms with Crippen LogP contribution < -0.4 is 0 Å². The van der Waals surface area contributed by atoms with E-state index in [4.69, 9.17) is 14.2 Å². The van der Waals surface area contributed by atoms with Crippen molar-refractivity contribution in [3.8, 4) is 0 Å². The highest BCUT2D eigenvalue weighted by molar-refractivity contribution is 5.71. The zero-order chi connectivity index (χ0) is 50.7. The highest BCUT2D eigenvalue weighted by Crippen LogP contribution is 2.18. The number of carbonyl (C=O) groups is 3. The molecular weight excluding hydrogens is 865 g/mol. The maximum atomic E-state index is 12.8. The van der Waals surface area contributed by atoms with E-state index in [-0.39, 0.29) is 31.1 Å². The molecule has 0 aromatic rings. The van der Waals surface area contributed by atoms with Gasteiger partial charge in [0.1, 0.15) is 13.2 Å². The molecule has 0 saturated heterocycles. The number of hydrogen-bond donors (Lipinski definition) is 0. The third-order valence-electron chi connectivity index (χ3n) is 14.2. The van der Waals surface area contributed by atoms with Crippen LogP contribution in [0.5, 0.6) is 0 Å². The van der Waals surface area contributed by atoms with Gasteiger partial charge in [0.15, 0.2) is 6.10 Å². The van der Waals surface area contributed by atoms with Crippen LogP contribution in [0, 0.1) is 0 Å². The van der Waals surface area contributed by atoms with E-state index in [1.807, 2.05) is 0 Å². The van der Waals surface area contributed by atoms with Crippen molar-refractivity contribution < 1.29 is 28.6 Å². The van der Waals surface area contributed by atoms with Crippen LogP contribution in [0.4, 0.5) is 0 Å². The Kier molecular flexibility index (Phi) is 57.7. The highest BCUT2D eigenvalue weighted by atomic mass is 16.6. The van der Waals surface area contributed by atoms with Crippen molar-refractivity contribution in [3.63, 3.8) is 0 Å². The van der Waals surface area contributed by atoms with Crippen molar-refractivity contribution in [3.05, 3.63) is 24.3 Å². The normalized spacial score (nSPS) is 12.1. The van der Waals surface area contributed by atoms with Gasteiger partial charge in [-0.15, -0.1) is 0 Å². The summed E-state index contributed by atoms with van der Waals surface area (Å²) in [5.74, 6) is -0.857. The molecule has 0 rings (SSSR count). The van der Waals surface area contributed by atoms with Crippen molar-refractivity contribution in [1.82, 2.24) is 0 Å². The summed E-state index contributed by atoms with van der Waals surface area (Å²) < 4.78 is 16.8. The minimum atomic E-state index is -0.763. The minimum absolute atomic E-state index is 0.0657. The van der Waals surface area contributed by atoms with Gasteiger partial charge in [-0.1, -0.05) is 302 Å². The van der Waals surface area contributed by atoms with Crippen LogP contribution in [0.2, 0.25) is 0 Å². The molecule has 1 atom stereocenters. The number of unbranched alkanes of at least 4 members (excludes halogenated alkanes) is 43.